The molecule has 3 nitrogen and oxygen atoms in total. The van der Waals surface area contributed by atoms with Crippen LogP contribution in [-0.2, 0) is 4.79 Å². The topological polar surface area (TPSA) is 23.6 Å². The molecule has 0 aromatic rings. The van der Waals surface area contributed by atoms with E-state index in [4.69, 9.17) is 0 Å². The maximum atomic E-state index is 11.9. The summed E-state index contributed by atoms with van der Waals surface area (Å²) in [5.41, 5.74) is 0. The van der Waals surface area contributed by atoms with Crippen molar-refractivity contribution in [3.63, 3.8) is 0 Å². The zero-order chi connectivity index (χ0) is 14.4. The molecule has 2 aliphatic rings. The van der Waals surface area contributed by atoms with Gasteiger partial charge in [0.25, 0.3) is 0 Å². The monoisotopic (exact) mass is 268 g/mol. The summed E-state index contributed by atoms with van der Waals surface area (Å²) in [6, 6.07) is 0.534. The van der Waals surface area contributed by atoms with E-state index in [0.29, 0.717) is 11.9 Å². The van der Waals surface area contributed by atoms with Gasteiger partial charge in [0.15, 0.2) is 0 Å². The smallest absolute Gasteiger partial charge is 0.225 e. The van der Waals surface area contributed by atoms with Gasteiger partial charge in [0, 0.05) is 38.1 Å². The maximum Gasteiger partial charge on any atom is 0.225 e. The van der Waals surface area contributed by atoms with E-state index in [1.807, 2.05) is 32.6 Å². The van der Waals surface area contributed by atoms with Crippen LogP contribution in [0.1, 0.15) is 53.9 Å². The van der Waals surface area contributed by atoms with Crippen LogP contribution in [0.5, 0.6) is 0 Å². The van der Waals surface area contributed by atoms with Gasteiger partial charge in [-0.2, -0.15) is 0 Å². The Morgan fingerprint density at radius 3 is 2.26 bits per heavy atom. The third-order valence-electron chi connectivity index (χ3n) is 4.29. The summed E-state index contributed by atoms with van der Waals surface area (Å²) in [6.07, 6.45) is 4.25. The third kappa shape index (κ3) is 4.48. The van der Waals surface area contributed by atoms with Crippen LogP contribution in [0.4, 0.5) is 0 Å². The number of hydrogen-bond donors (Lipinski definition) is 0. The van der Waals surface area contributed by atoms with Crippen LogP contribution in [0.25, 0.3) is 0 Å². The van der Waals surface area contributed by atoms with Crippen molar-refractivity contribution in [3.8, 4) is 0 Å². The fraction of sp³-hybridized carbons (Fsp3) is 0.938. The standard InChI is InChI=1S/C14H26N2O.C2H6/c1-11(2)14(17)16-8-7-15(12(3)9-16)10-13-5-4-6-13;1-2/h11-13H,4-10H2,1-3H3;1-2H3. The molecule has 0 radical (unpaired) electrons. The average molecular weight is 268 g/mol. The fourth-order valence-electron chi connectivity index (χ4n) is 2.84. The lowest BCUT2D eigenvalue weighted by atomic mass is 9.84. The van der Waals surface area contributed by atoms with Gasteiger partial charge in [0.1, 0.15) is 0 Å². The van der Waals surface area contributed by atoms with E-state index in [1.54, 1.807) is 0 Å². The van der Waals surface area contributed by atoms with Crippen LogP contribution in [-0.4, -0.2) is 47.9 Å². The van der Waals surface area contributed by atoms with Gasteiger partial charge in [-0.25, -0.2) is 0 Å². The summed E-state index contributed by atoms with van der Waals surface area (Å²) < 4.78 is 0. The predicted molar refractivity (Wildman–Crippen MR) is 81.1 cm³/mol. The molecule has 2 fully saturated rings. The number of rotatable bonds is 3. The minimum absolute atomic E-state index is 0.139. The van der Waals surface area contributed by atoms with Crippen molar-refractivity contribution in [1.29, 1.82) is 0 Å². The molecule has 1 unspecified atom stereocenters. The molecule has 1 saturated carbocycles. The Hall–Kier alpha value is -0.570. The van der Waals surface area contributed by atoms with Crippen LogP contribution in [0.2, 0.25) is 0 Å². The molecular formula is C16H32N2O. The molecule has 1 heterocycles. The van der Waals surface area contributed by atoms with Gasteiger partial charge in [-0.3, -0.25) is 9.69 Å². The van der Waals surface area contributed by atoms with E-state index in [2.05, 4.69) is 11.8 Å². The summed E-state index contributed by atoms with van der Waals surface area (Å²) >= 11 is 0. The number of amides is 1. The quantitative estimate of drug-likeness (QED) is 0.785. The lowest BCUT2D eigenvalue weighted by Gasteiger charge is -2.43. The van der Waals surface area contributed by atoms with Gasteiger partial charge in [0.2, 0.25) is 5.91 Å². The molecule has 2 rings (SSSR count). The van der Waals surface area contributed by atoms with E-state index >= 15 is 0 Å². The van der Waals surface area contributed by atoms with Crippen LogP contribution in [0, 0.1) is 11.8 Å². The second kappa shape index (κ2) is 7.88. The first-order valence-corrected chi connectivity index (χ1v) is 8.10. The summed E-state index contributed by atoms with van der Waals surface area (Å²) in [5.74, 6) is 1.39. The summed E-state index contributed by atoms with van der Waals surface area (Å²) in [4.78, 5) is 16.6. The Kier molecular flexibility index (Phi) is 6.84. The Morgan fingerprint density at radius 2 is 1.84 bits per heavy atom. The Labute approximate surface area is 119 Å². The molecule has 1 amide bonds. The number of carbonyl (C=O) groups is 1. The van der Waals surface area contributed by atoms with Crippen molar-refractivity contribution in [2.75, 3.05) is 26.2 Å². The van der Waals surface area contributed by atoms with E-state index in [1.165, 1.54) is 25.8 Å². The van der Waals surface area contributed by atoms with Crippen molar-refractivity contribution < 1.29 is 4.79 Å². The van der Waals surface area contributed by atoms with Crippen molar-refractivity contribution in [3.05, 3.63) is 0 Å². The first-order chi connectivity index (χ1) is 9.08. The van der Waals surface area contributed by atoms with Crippen molar-refractivity contribution in [1.82, 2.24) is 9.80 Å². The van der Waals surface area contributed by atoms with Gasteiger partial charge in [0.05, 0.1) is 0 Å². The first kappa shape index (κ1) is 16.5. The summed E-state index contributed by atoms with van der Waals surface area (Å²) in [5, 5.41) is 0. The van der Waals surface area contributed by atoms with E-state index in [9.17, 15) is 4.79 Å². The van der Waals surface area contributed by atoms with E-state index in [-0.39, 0.29) is 5.92 Å². The molecule has 1 aliphatic heterocycles. The molecular weight excluding hydrogens is 236 g/mol. The zero-order valence-corrected chi connectivity index (χ0v) is 13.5. The van der Waals surface area contributed by atoms with Crippen LogP contribution >= 0.6 is 0 Å². The van der Waals surface area contributed by atoms with E-state index < -0.39 is 0 Å². The largest absolute Gasteiger partial charge is 0.340 e. The summed E-state index contributed by atoms with van der Waals surface area (Å²) in [7, 11) is 0. The highest BCUT2D eigenvalue weighted by Gasteiger charge is 2.30. The van der Waals surface area contributed by atoms with Crippen molar-refractivity contribution in [2.45, 2.75) is 59.9 Å². The maximum absolute atomic E-state index is 11.9. The van der Waals surface area contributed by atoms with Gasteiger partial charge in [-0.05, 0) is 25.7 Å². The Balaban J connectivity index is 0.000000861. The highest BCUT2D eigenvalue weighted by molar-refractivity contribution is 5.78. The van der Waals surface area contributed by atoms with Gasteiger partial charge < -0.3 is 4.90 Å². The van der Waals surface area contributed by atoms with Gasteiger partial charge >= 0.3 is 0 Å². The minimum atomic E-state index is 0.139. The second-order valence-corrected chi connectivity index (χ2v) is 6.08. The molecule has 1 aliphatic carbocycles. The van der Waals surface area contributed by atoms with Crippen LogP contribution in [0.3, 0.4) is 0 Å². The lowest BCUT2D eigenvalue weighted by Crippen LogP contribution is -2.55. The number of piperazine rings is 1. The number of carbonyl (C=O) groups excluding carboxylic acids is 1. The van der Waals surface area contributed by atoms with Crippen molar-refractivity contribution >= 4 is 5.91 Å². The molecule has 0 N–H and O–H groups in total. The average Bonchev–Trinajstić information content (AvgIpc) is 2.36. The van der Waals surface area contributed by atoms with Gasteiger partial charge in [-0.1, -0.05) is 34.1 Å². The van der Waals surface area contributed by atoms with Crippen LogP contribution in [0.15, 0.2) is 0 Å². The molecule has 0 aromatic carbocycles. The highest BCUT2D eigenvalue weighted by atomic mass is 16.2. The summed E-state index contributed by atoms with van der Waals surface area (Å²) in [6.45, 7) is 14.4. The molecule has 0 spiro atoms. The SMILES string of the molecule is CC.CC(C)C(=O)N1CCN(CC2CCC2)C(C)C1. The van der Waals surface area contributed by atoms with Gasteiger partial charge in [-0.15, -0.1) is 0 Å². The molecule has 19 heavy (non-hydrogen) atoms. The highest BCUT2D eigenvalue weighted by Crippen LogP contribution is 2.28. The number of hydrogen-bond acceptors (Lipinski definition) is 2. The molecule has 112 valence electrons. The van der Waals surface area contributed by atoms with Crippen LogP contribution < -0.4 is 0 Å². The Morgan fingerprint density at radius 1 is 1.21 bits per heavy atom. The molecule has 1 saturated heterocycles. The predicted octanol–water partition coefficient (Wildman–Crippen LogP) is 3.00. The third-order valence-corrected chi connectivity index (χ3v) is 4.29. The first-order valence-electron chi connectivity index (χ1n) is 8.10. The zero-order valence-electron chi connectivity index (χ0n) is 13.5. The minimum Gasteiger partial charge on any atom is -0.340 e. The molecule has 0 aromatic heterocycles. The second-order valence-electron chi connectivity index (χ2n) is 6.08. The number of nitrogens with zero attached hydrogens (tertiary/aromatic N) is 2. The molecule has 1 atom stereocenters. The fourth-order valence-corrected chi connectivity index (χ4v) is 2.84. The van der Waals surface area contributed by atoms with E-state index in [0.717, 1.165) is 25.6 Å². The van der Waals surface area contributed by atoms with Crippen molar-refractivity contribution in [2.24, 2.45) is 11.8 Å². The molecule has 0 bridgehead atoms. The Bertz CT molecular complexity index is 274. The lowest BCUT2D eigenvalue weighted by molar-refractivity contribution is -0.137. The normalized spacial score (nSPS) is 24.7. The molecule has 3 heteroatoms.